The summed E-state index contributed by atoms with van der Waals surface area (Å²) in [6.07, 6.45) is -2.37. The lowest BCUT2D eigenvalue weighted by Gasteiger charge is -2.07. The van der Waals surface area contributed by atoms with Crippen molar-refractivity contribution in [2.24, 2.45) is 0 Å². The van der Waals surface area contributed by atoms with Crippen molar-refractivity contribution in [2.75, 3.05) is 0 Å². The molecule has 0 spiro atoms. The van der Waals surface area contributed by atoms with Crippen molar-refractivity contribution in [3.63, 3.8) is 0 Å². The highest BCUT2D eigenvalue weighted by atomic mass is 17.3. The normalized spacial score (nSPS) is 10.0. The van der Waals surface area contributed by atoms with Gasteiger partial charge in [0.25, 0.3) is 0 Å². The molecule has 0 N–H and O–H groups in total. The van der Waals surface area contributed by atoms with Crippen molar-refractivity contribution >= 4 is 23.1 Å². The highest BCUT2D eigenvalue weighted by molar-refractivity contribution is 5.89. The summed E-state index contributed by atoms with van der Waals surface area (Å²) < 4.78 is 9.83. The predicted molar refractivity (Wildman–Crippen MR) is 84.6 cm³/mol. The molecule has 0 aliphatic carbocycles. The number of hydrogen-bond donors (Lipinski definition) is 0. The van der Waals surface area contributed by atoms with Crippen LogP contribution in [0.15, 0.2) is 72.8 Å². The van der Waals surface area contributed by atoms with E-state index in [9.17, 15) is 9.59 Å². The number of rotatable bonds is 2. The highest BCUT2D eigenvalue weighted by Crippen LogP contribution is 2.25. The average molecular weight is 324 g/mol. The maximum absolute atomic E-state index is 11.6. The Bertz CT molecular complexity index is 854. The first kappa shape index (κ1) is 15.4. The van der Waals surface area contributed by atoms with Gasteiger partial charge < -0.3 is 9.47 Å². The van der Waals surface area contributed by atoms with Crippen LogP contribution in [-0.2, 0) is 9.78 Å². The van der Waals surface area contributed by atoms with E-state index in [4.69, 9.17) is 9.47 Å². The van der Waals surface area contributed by atoms with E-state index >= 15 is 0 Å². The number of para-hydroxylation sites is 1. The van der Waals surface area contributed by atoms with Gasteiger partial charge in [-0.1, -0.05) is 54.6 Å². The molecule has 0 unspecified atom stereocenters. The Morgan fingerprint density at radius 3 is 2.04 bits per heavy atom. The predicted octanol–water partition coefficient (Wildman–Crippen LogP) is 4.49. The minimum Gasteiger partial charge on any atom is -0.392 e. The first-order valence-electron chi connectivity index (χ1n) is 7.03. The van der Waals surface area contributed by atoms with Gasteiger partial charge in [0.2, 0.25) is 0 Å². The van der Waals surface area contributed by atoms with Gasteiger partial charge in [-0.2, -0.15) is 19.4 Å². The summed E-state index contributed by atoms with van der Waals surface area (Å²) in [5.41, 5.74) is 0. The Labute approximate surface area is 137 Å². The molecule has 24 heavy (non-hydrogen) atoms. The molecule has 0 aliphatic heterocycles. The highest BCUT2D eigenvalue weighted by Gasteiger charge is 2.15. The Kier molecular flexibility index (Phi) is 4.57. The molecule has 6 nitrogen and oxygen atoms in total. The maximum Gasteiger partial charge on any atom is 0.555 e. The molecule has 0 saturated carbocycles. The average Bonchev–Trinajstić information content (AvgIpc) is 2.61. The van der Waals surface area contributed by atoms with Crippen molar-refractivity contribution < 1.29 is 28.8 Å². The van der Waals surface area contributed by atoms with Crippen LogP contribution >= 0.6 is 0 Å². The van der Waals surface area contributed by atoms with Crippen molar-refractivity contribution in [3.8, 4) is 11.5 Å². The summed E-state index contributed by atoms with van der Waals surface area (Å²) in [7, 11) is 0. The van der Waals surface area contributed by atoms with Gasteiger partial charge >= 0.3 is 12.3 Å². The lowest BCUT2D eigenvalue weighted by atomic mass is 10.1. The third-order valence-electron chi connectivity index (χ3n) is 3.07. The fourth-order valence-corrected chi connectivity index (χ4v) is 2.06. The first-order valence-corrected chi connectivity index (χ1v) is 7.03. The van der Waals surface area contributed by atoms with Gasteiger partial charge in [-0.25, -0.2) is 0 Å². The van der Waals surface area contributed by atoms with Crippen LogP contribution in [0.2, 0.25) is 0 Å². The smallest absolute Gasteiger partial charge is 0.392 e. The molecule has 0 bridgehead atoms. The minimum atomic E-state index is -1.18. The largest absolute Gasteiger partial charge is 0.555 e. The first-order chi connectivity index (χ1) is 11.7. The third-order valence-corrected chi connectivity index (χ3v) is 3.07. The molecular formula is C18H12O6. The Morgan fingerprint density at radius 1 is 0.625 bits per heavy atom. The molecule has 0 aromatic heterocycles. The second kappa shape index (κ2) is 7.15. The second-order valence-electron chi connectivity index (χ2n) is 4.66. The summed E-state index contributed by atoms with van der Waals surface area (Å²) in [4.78, 5) is 31.6. The molecule has 6 heteroatoms. The molecule has 0 aliphatic rings. The van der Waals surface area contributed by atoms with E-state index < -0.39 is 12.3 Å². The van der Waals surface area contributed by atoms with Gasteiger partial charge in [-0.3, -0.25) is 0 Å². The van der Waals surface area contributed by atoms with Crippen LogP contribution in [0, 0.1) is 0 Å². The zero-order valence-corrected chi connectivity index (χ0v) is 12.4. The van der Waals surface area contributed by atoms with Crippen LogP contribution in [-0.4, -0.2) is 12.3 Å². The SMILES string of the molecule is O=C(OOC(=O)Oc1cccc2ccccc12)Oc1ccccc1. The van der Waals surface area contributed by atoms with Gasteiger partial charge in [0, 0.05) is 5.39 Å². The Hall–Kier alpha value is -3.54. The fraction of sp³-hybridized carbons (Fsp3) is 0. The quantitative estimate of drug-likeness (QED) is 0.299. The van der Waals surface area contributed by atoms with E-state index in [1.807, 2.05) is 24.3 Å². The van der Waals surface area contributed by atoms with Crippen molar-refractivity contribution in [1.82, 2.24) is 0 Å². The van der Waals surface area contributed by atoms with Crippen LogP contribution in [0.5, 0.6) is 11.5 Å². The zero-order chi connectivity index (χ0) is 16.8. The van der Waals surface area contributed by atoms with E-state index in [1.54, 1.807) is 48.5 Å². The van der Waals surface area contributed by atoms with Gasteiger partial charge in [0.05, 0.1) is 0 Å². The molecule has 0 atom stereocenters. The summed E-state index contributed by atoms with van der Waals surface area (Å²) in [5, 5.41) is 1.62. The molecule has 3 aromatic carbocycles. The Morgan fingerprint density at radius 2 is 1.25 bits per heavy atom. The summed E-state index contributed by atoms with van der Waals surface area (Å²) >= 11 is 0. The van der Waals surface area contributed by atoms with Crippen LogP contribution in [0.3, 0.4) is 0 Å². The maximum atomic E-state index is 11.6. The number of ether oxygens (including phenoxy) is 2. The van der Waals surface area contributed by atoms with E-state index in [0.717, 1.165) is 10.8 Å². The number of hydrogen-bond acceptors (Lipinski definition) is 6. The lowest BCUT2D eigenvalue weighted by Crippen LogP contribution is -2.17. The second-order valence-corrected chi connectivity index (χ2v) is 4.66. The van der Waals surface area contributed by atoms with E-state index in [-0.39, 0.29) is 11.5 Å². The molecule has 0 heterocycles. The molecule has 0 saturated heterocycles. The van der Waals surface area contributed by atoms with Crippen molar-refractivity contribution in [1.29, 1.82) is 0 Å². The minimum absolute atomic E-state index is 0.258. The van der Waals surface area contributed by atoms with Gasteiger partial charge in [-0.15, -0.1) is 0 Å². The number of benzene rings is 3. The number of fused-ring (bicyclic) bond motifs is 1. The summed E-state index contributed by atoms with van der Waals surface area (Å²) in [6, 6.07) is 20.8. The van der Waals surface area contributed by atoms with Crippen molar-refractivity contribution in [3.05, 3.63) is 72.8 Å². The molecular weight excluding hydrogens is 312 g/mol. The third kappa shape index (κ3) is 3.80. The van der Waals surface area contributed by atoms with Gasteiger partial charge in [0.1, 0.15) is 11.5 Å². The van der Waals surface area contributed by atoms with E-state index in [2.05, 4.69) is 9.78 Å². The zero-order valence-electron chi connectivity index (χ0n) is 12.4. The van der Waals surface area contributed by atoms with Crippen LogP contribution in [0.25, 0.3) is 10.8 Å². The number of carbonyl (C=O) groups excluding carboxylic acids is 2. The standard InChI is InChI=1S/C18H12O6/c19-17(21-14-9-2-1-3-10-14)23-24-18(20)22-16-12-6-8-13-7-4-5-11-15(13)16/h1-12H. The molecule has 3 aromatic rings. The van der Waals surface area contributed by atoms with E-state index in [0.29, 0.717) is 0 Å². The monoisotopic (exact) mass is 324 g/mol. The lowest BCUT2D eigenvalue weighted by molar-refractivity contribution is -0.203. The Balaban J connectivity index is 1.56. The molecule has 3 rings (SSSR count). The fourth-order valence-electron chi connectivity index (χ4n) is 2.06. The molecule has 0 amide bonds. The van der Waals surface area contributed by atoms with Crippen molar-refractivity contribution in [2.45, 2.75) is 0 Å². The molecule has 120 valence electrons. The van der Waals surface area contributed by atoms with Gasteiger partial charge in [0.15, 0.2) is 0 Å². The molecule has 0 fully saturated rings. The van der Waals surface area contributed by atoms with Crippen LogP contribution < -0.4 is 9.47 Å². The summed E-state index contributed by atoms with van der Waals surface area (Å²) in [6.45, 7) is 0. The topological polar surface area (TPSA) is 71.1 Å². The van der Waals surface area contributed by atoms with Gasteiger partial charge in [-0.05, 0) is 23.6 Å². The van der Waals surface area contributed by atoms with Crippen LogP contribution in [0.1, 0.15) is 0 Å². The summed E-state index contributed by atoms with van der Waals surface area (Å²) in [5.74, 6) is 0.548. The molecule has 0 radical (unpaired) electrons. The number of carbonyl (C=O) groups is 2. The van der Waals surface area contributed by atoms with Crippen LogP contribution in [0.4, 0.5) is 9.59 Å². The van der Waals surface area contributed by atoms with E-state index in [1.165, 1.54) is 0 Å².